The molecule has 0 aromatic carbocycles. The van der Waals surface area contributed by atoms with Crippen molar-refractivity contribution in [1.29, 1.82) is 0 Å². The second-order valence-electron chi connectivity index (χ2n) is 10.6. The lowest BCUT2D eigenvalue weighted by Crippen LogP contribution is -2.40. The summed E-state index contributed by atoms with van der Waals surface area (Å²) in [4.78, 5) is 42.6. The molecule has 37 heavy (non-hydrogen) atoms. The number of aliphatic carboxylic acids is 1. The number of amides is 2. The fourth-order valence-corrected chi connectivity index (χ4v) is 5.87. The highest BCUT2D eigenvalue weighted by Crippen LogP contribution is 2.54. The van der Waals surface area contributed by atoms with Gasteiger partial charge in [-0.15, -0.1) is 0 Å². The van der Waals surface area contributed by atoms with Gasteiger partial charge in [-0.3, -0.25) is 19.1 Å². The van der Waals surface area contributed by atoms with Crippen molar-refractivity contribution in [3.8, 4) is 0 Å². The molecular formula is C26H31N7O4. The molecule has 3 aromatic rings. The number of nitrogens with zero attached hydrogens (tertiary/aromatic N) is 5. The van der Waals surface area contributed by atoms with Crippen LogP contribution in [0.4, 0.5) is 0 Å². The molecule has 11 heteroatoms. The predicted octanol–water partition coefficient (Wildman–Crippen LogP) is 1.99. The molecule has 3 N–H and O–H groups in total. The second-order valence-corrected chi connectivity index (χ2v) is 10.6. The van der Waals surface area contributed by atoms with Gasteiger partial charge in [0.2, 0.25) is 5.91 Å². The second kappa shape index (κ2) is 8.97. The van der Waals surface area contributed by atoms with E-state index in [4.69, 9.17) is 4.98 Å². The van der Waals surface area contributed by atoms with Gasteiger partial charge in [0.15, 0.2) is 11.1 Å². The highest BCUT2D eigenvalue weighted by molar-refractivity contribution is 6.03. The molecule has 2 atom stereocenters. The summed E-state index contributed by atoms with van der Waals surface area (Å²) < 4.78 is 3.32. The standard InChI is InChI=1S/C26H31N7O4/c1-2-32-19(9-11-28-32)23(34)30-22(21(15-3-4-15)16-5-6-16)18-14-33-20(29-18)8-7-17(31-33)13-26(25(36)37)10-12-27-24(26)35/h7-9,11,14-16,21-22H,2-6,10,12-13H2,1H3,(H,27,35)(H,30,34)(H,36,37). The van der Waals surface area contributed by atoms with E-state index in [0.29, 0.717) is 47.9 Å². The van der Waals surface area contributed by atoms with Crippen LogP contribution in [0.25, 0.3) is 5.65 Å². The minimum absolute atomic E-state index is 0.00552. The third-order valence-corrected chi connectivity index (χ3v) is 8.13. The van der Waals surface area contributed by atoms with Crippen LogP contribution in [0.3, 0.4) is 0 Å². The number of aromatic nitrogens is 5. The molecule has 1 saturated heterocycles. The molecule has 2 aliphatic carbocycles. The minimum Gasteiger partial charge on any atom is -0.480 e. The van der Waals surface area contributed by atoms with Crippen molar-refractivity contribution in [3.63, 3.8) is 0 Å². The van der Waals surface area contributed by atoms with Crippen LogP contribution in [0.15, 0.2) is 30.6 Å². The van der Waals surface area contributed by atoms with Crippen molar-refractivity contribution in [2.24, 2.45) is 23.2 Å². The molecule has 3 fully saturated rings. The highest BCUT2D eigenvalue weighted by Gasteiger charge is 2.50. The molecule has 3 aromatic heterocycles. The first-order valence-corrected chi connectivity index (χ1v) is 13.1. The Labute approximate surface area is 213 Å². The van der Waals surface area contributed by atoms with Crippen LogP contribution in [0, 0.1) is 23.2 Å². The van der Waals surface area contributed by atoms with Crippen molar-refractivity contribution in [3.05, 3.63) is 47.7 Å². The number of hydrogen-bond acceptors (Lipinski definition) is 6. The van der Waals surface area contributed by atoms with Gasteiger partial charge in [0.1, 0.15) is 5.69 Å². The van der Waals surface area contributed by atoms with Gasteiger partial charge in [-0.2, -0.15) is 10.2 Å². The first-order valence-electron chi connectivity index (χ1n) is 13.1. The quantitative estimate of drug-likeness (QED) is 0.358. The SMILES string of the molecule is CCn1nccc1C(=O)NC(c1cn2nc(CC3(C(=O)O)CCNC3=O)ccc2n1)C(C1CC1)C1CC1. The number of hydrogen-bond donors (Lipinski definition) is 3. The number of rotatable bonds is 10. The molecule has 0 bridgehead atoms. The van der Waals surface area contributed by atoms with Crippen LogP contribution in [-0.2, 0) is 22.6 Å². The Morgan fingerprint density at radius 3 is 2.59 bits per heavy atom. The molecule has 0 radical (unpaired) electrons. The van der Waals surface area contributed by atoms with Gasteiger partial charge in [0.25, 0.3) is 5.91 Å². The summed E-state index contributed by atoms with van der Waals surface area (Å²) in [6.45, 7) is 2.89. The van der Waals surface area contributed by atoms with E-state index in [1.54, 1.807) is 33.6 Å². The lowest BCUT2D eigenvalue weighted by molar-refractivity contribution is -0.153. The summed E-state index contributed by atoms with van der Waals surface area (Å²) >= 11 is 0. The van der Waals surface area contributed by atoms with Gasteiger partial charge in [0.05, 0.1) is 23.6 Å². The van der Waals surface area contributed by atoms with Gasteiger partial charge in [-0.25, -0.2) is 9.50 Å². The van der Waals surface area contributed by atoms with Gasteiger partial charge in [-0.1, -0.05) is 0 Å². The number of carbonyl (C=O) groups is 3. The molecule has 2 unspecified atom stereocenters. The number of aryl methyl sites for hydroxylation is 1. The molecular weight excluding hydrogens is 474 g/mol. The average Bonchev–Trinajstić information content (AvgIpc) is 3.77. The molecule has 2 saturated carbocycles. The summed E-state index contributed by atoms with van der Waals surface area (Å²) in [7, 11) is 0. The third kappa shape index (κ3) is 4.25. The van der Waals surface area contributed by atoms with E-state index in [2.05, 4.69) is 20.8 Å². The number of imidazole rings is 1. The Balaban J connectivity index is 1.32. The van der Waals surface area contributed by atoms with Crippen LogP contribution in [-0.4, -0.2) is 53.8 Å². The fourth-order valence-electron chi connectivity index (χ4n) is 5.87. The number of nitrogens with one attached hydrogen (secondary N) is 2. The van der Waals surface area contributed by atoms with E-state index in [0.717, 1.165) is 31.4 Å². The van der Waals surface area contributed by atoms with Gasteiger partial charge in [0, 0.05) is 25.7 Å². The van der Waals surface area contributed by atoms with E-state index in [1.807, 2.05) is 13.1 Å². The minimum atomic E-state index is -1.51. The molecule has 4 heterocycles. The zero-order chi connectivity index (χ0) is 25.7. The molecule has 11 nitrogen and oxygen atoms in total. The Morgan fingerprint density at radius 2 is 1.97 bits per heavy atom. The Morgan fingerprint density at radius 1 is 1.22 bits per heavy atom. The topological polar surface area (TPSA) is 144 Å². The van der Waals surface area contributed by atoms with Crippen molar-refractivity contribution in [2.75, 3.05) is 6.54 Å². The molecule has 0 spiro atoms. The molecule has 3 aliphatic rings. The van der Waals surface area contributed by atoms with E-state index >= 15 is 0 Å². The third-order valence-electron chi connectivity index (χ3n) is 8.13. The zero-order valence-corrected chi connectivity index (χ0v) is 20.8. The number of fused-ring (bicyclic) bond motifs is 1. The largest absolute Gasteiger partial charge is 0.480 e. The number of carbonyl (C=O) groups excluding carboxylic acids is 2. The fraction of sp³-hybridized carbons (Fsp3) is 0.538. The zero-order valence-electron chi connectivity index (χ0n) is 20.8. The normalized spacial score (nSPS) is 22.4. The van der Waals surface area contributed by atoms with Crippen molar-refractivity contribution in [1.82, 2.24) is 35.0 Å². The molecule has 2 amide bonds. The summed E-state index contributed by atoms with van der Waals surface area (Å²) in [5.74, 6) is -0.335. The highest BCUT2D eigenvalue weighted by atomic mass is 16.4. The molecule has 1 aliphatic heterocycles. The number of carboxylic acid groups (broad SMARTS) is 1. The molecule has 6 rings (SSSR count). The monoisotopic (exact) mass is 505 g/mol. The van der Waals surface area contributed by atoms with E-state index in [1.165, 1.54) is 0 Å². The Bertz CT molecular complexity index is 1360. The first-order chi connectivity index (χ1) is 17.9. The lowest BCUT2D eigenvalue weighted by atomic mass is 9.81. The maximum Gasteiger partial charge on any atom is 0.319 e. The van der Waals surface area contributed by atoms with E-state index in [-0.39, 0.29) is 24.8 Å². The van der Waals surface area contributed by atoms with Gasteiger partial charge < -0.3 is 15.7 Å². The summed E-state index contributed by atoms with van der Waals surface area (Å²) in [6, 6.07) is 5.00. The Hall–Kier alpha value is -3.76. The van der Waals surface area contributed by atoms with Crippen LogP contribution in [0.1, 0.15) is 66.9 Å². The maximum absolute atomic E-state index is 13.3. The Kier molecular flexibility index (Phi) is 5.73. The van der Waals surface area contributed by atoms with Crippen molar-refractivity contribution < 1.29 is 19.5 Å². The first kappa shape index (κ1) is 23.6. The van der Waals surface area contributed by atoms with Gasteiger partial charge in [-0.05, 0) is 75.0 Å². The molecule has 194 valence electrons. The number of carboxylic acids is 1. The van der Waals surface area contributed by atoms with Crippen molar-refractivity contribution in [2.45, 2.75) is 58.0 Å². The lowest BCUT2D eigenvalue weighted by Gasteiger charge is -2.27. The predicted molar refractivity (Wildman–Crippen MR) is 131 cm³/mol. The van der Waals surface area contributed by atoms with Crippen LogP contribution in [0.2, 0.25) is 0 Å². The van der Waals surface area contributed by atoms with Crippen LogP contribution < -0.4 is 10.6 Å². The summed E-state index contributed by atoms with van der Waals surface area (Å²) in [5.41, 5.74) is 0.879. The smallest absolute Gasteiger partial charge is 0.319 e. The van der Waals surface area contributed by atoms with Crippen molar-refractivity contribution >= 4 is 23.4 Å². The van der Waals surface area contributed by atoms with Gasteiger partial charge >= 0.3 is 5.97 Å². The van der Waals surface area contributed by atoms with Crippen LogP contribution in [0.5, 0.6) is 0 Å². The maximum atomic E-state index is 13.3. The van der Waals surface area contributed by atoms with E-state index < -0.39 is 17.3 Å². The summed E-state index contributed by atoms with van der Waals surface area (Å²) in [6.07, 6.45) is 8.35. The summed E-state index contributed by atoms with van der Waals surface area (Å²) in [5, 5.41) is 24.6. The van der Waals surface area contributed by atoms with Crippen LogP contribution >= 0.6 is 0 Å². The average molecular weight is 506 g/mol. The van der Waals surface area contributed by atoms with E-state index in [9.17, 15) is 19.5 Å².